The summed E-state index contributed by atoms with van der Waals surface area (Å²) in [5.41, 5.74) is 3.02. The molecule has 0 aliphatic rings. The van der Waals surface area contributed by atoms with Gasteiger partial charge in [-0.25, -0.2) is 0 Å². The molecule has 3 rings (SSSR count). The minimum Gasteiger partial charge on any atom is -0.416 e. The normalized spacial score (nSPS) is 10.6. The minimum absolute atomic E-state index is 0.537. The number of anilines is 1. The maximum atomic E-state index is 5.80. The second kappa shape index (κ2) is 5.85. The van der Waals surface area contributed by atoms with Crippen LogP contribution in [0.2, 0.25) is 0 Å². The molecular formula is C16H14IN3O. The molecule has 106 valence electrons. The first-order valence-corrected chi connectivity index (χ1v) is 7.59. The average Bonchev–Trinajstić information content (AvgIpc) is 2.97. The molecule has 0 radical (unpaired) electrons. The molecule has 0 aliphatic heterocycles. The number of aromatic nitrogens is 2. The molecule has 1 aromatic heterocycles. The lowest BCUT2D eigenvalue weighted by atomic mass is 10.2. The van der Waals surface area contributed by atoms with E-state index in [9.17, 15) is 0 Å². The van der Waals surface area contributed by atoms with Crippen LogP contribution in [0.3, 0.4) is 0 Å². The fourth-order valence-electron chi connectivity index (χ4n) is 1.99. The van der Waals surface area contributed by atoms with Crippen molar-refractivity contribution in [2.45, 2.75) is 0 Å². The first kappa shape index (κ1) is 14.1. The summed E-state index contributed by atoms with van der Waals surface area (Å²) >= 11 is 2.27. The maximum absolute atomic E-state index is 5.80. The molecule has 0 saturated carbocycles. The van der Waals surface area contributed by atoms with Gasteiger partial charge in [-0.3, -0.25) is 0 Å². The monoisotopic (exact) mass is 391 g/mol. The Hall–Kier alpha value is -1.89. The zero-order valence-corrected chi connectivity index (χ0v) is 13.9. The van der Waals surface area contributed by atoms with E-state index in [2.05, 4.69) is 37.7 Å². The second-order valence-electron chi connectivity index (χ2n) is 4.83. The van der Waals surface area contributed by atoms with Crippen molar-refractivity contribution in [3.8, 4) is 22.9 Å². The third kappa shape index (κ3) is 2.92. The molecule has 0 spiro atoms. The van der Waals surface area contributed by atoms with Crippen LogP contribution in [0.5, 0.6) is 0 Å². The summed E-state index contributed by atoms with van der Waals surface area (Å²) in [5.74, 6) is 1.08. The third-order valence-corrected chi connectivity index (χ3v) is 4.10. The Labute approximate surface area is 136 Å². The maximum Gasteiger partial charge on any atom is 0.249 e. The third-order valence-electron chi connectivity index (χ3n) is 3.16. The highest BCUT2D eigenvalue weighted by Crippen LogP contribution is 2.27. The molecule has 0 unspecified atom stereocenters. The number of nitrogens with zero attached hydrogens (tertiary/aromatic N) is 3. The molecule has 0 amide bonds. The lowest BCUT2D eigenvalue weighted by molar-refractivity contribution is 0.584. The van der Waals surface area contributed by atoms with Gasteiger partial charge in [0.2, 0.25) is 11.8 Å². The van der Waals surface area contributed by atoms with Gasteiger partial charge in [0, 0.05) is 28.9 Å². The van der Waals surface area contributed by atoms with Crippen LogP contribution in [-0.4, -0.2) is 24.3 Å². The first-order valence-electron chi connectivity index (χ1n) is 6.51. The smallest absolute Gasteiger partial charge is 0.249 e. The van der Waals surface area contributed by atoms with Crippen LogP contribution in [0.4, 0.5) is 5.69 Å². The van der Waals surface area contributed by atoms with Crippen molar-refractivity contribution in [2.24, 2.45) is 0 Å². The standard InChI is InChI=1S/C16H14IN3O/c1-20(2)12-9-7-11(8-10-12)15-18-19-16(21-15)13-5-3-4-6-14(13)17/h3-10H,1-2H3. The lowest BCUT2D eigenvalue weighted by Crippen LogP contribution is -2.07. The van der Waals surface area contributed by atoms with E-state index in [-0.39, 0.29) is 0 Å². The first-order chi connectivity index (χ1) is 10.1. The summed E-state index contributed by atoms with van der Waals surface area (Å²) in [6.45, 7) is 0. The zero-order valence-electron chi connectivity index (χ0n) is 11.7. The minimum atomic E-state index is 0.537. The molecule has 0 atom stereocenters. The summed E-state index contributed by atoms with van der Waals surface area (Å²) in [7, 11) is 4.02. The topological polar surface area (TPSA) is 42.2 Å². The van der Waals surface area contributed by atoms with Gasteiger partial charge in [0.1, 0.15) is 0 Å². The molecule has 21 heavy (non-hydrogen) atoms. The predicted octanol–water partition coefficient (Wildman–Crippen LogP) is 4.07. The molecule has 0 saturated heterocycles. The van der Waals surface area contributed by atoms with Gasteiger partial charge in [-0.2, -0.15) is 0 Å². The summed E-state index contributed by atoms with van der Waals surface area (Å²) in [6.07, 6.45) is 0. The van der Waals surface area contributed by atoms with Gasteiger partial charge in [0.15, 0.2) is 0 Å². The van der Waals surface area contributed by atoms with Crippen molar-refractivity contribution in [1.82, 2.24) is 10.2 Å². The highest BCUT2D eigenvalue weighted by Gasteiger charge is 2.12. The Balaban J connectivity index is 1.93. The van der Waals surface area contributed by atoms with E-state index < -0.39 is 0 Å². The van der Waals surface area contributed by atoms with Gasteiger partial charge in [-0.1, -0.05) is 12.1 Å². The lowest BCUT2D eigenvalue weighted by Gasteiger charge is -2.11. The number of rotatable bonds is 3. The molecule has 3 aromatic rings. The van der Waals surface area contributed by atoms with Gasteiger partial charge >= 0.3 is 0 Å². The number of benzene rings is 2. The van der Waals surface area contributed by atoms with Gasteiger partial charge < -0.3 is 9.32 Å². The number of hydrogen-bond donors (Lipinski definition) is 0. The largest absolute Gasteiger partial charge is 0.416 e. The van der Waals surface area contributed by atoms with E-state index in [0.717, 1.165) is 20.4 Å². The number of hydrogen-bond acceptors (Lipinski definition) is 4. The fraction of sp³-hybridized carbons (Fsp3) is 0.125. The van der Waals surface area contributed by atoms with E-state index in [4.69, 9.17) is 4.42 Å². The number of halogens is 1. The predicted molar refractivity (Wildman–Crippen MR) is 92.2 cm³/mol. The molecule has 0 fully saturated rings. The molecule has 0 N–H and O–H groups in total. The van der Waals surface area contributed by atoms with Gasteiger partial charge in [-0.05, 0) is 59.0 Å². The van der Waals surface area contributed by atoms with Crippen LogP contribution < -0.4 is 4.90 Å². The van der Waals surface area contributed by atoms with Gasteiger partial charge in [-0.15, -0.1) is 10.2 Å². The Morgan fingerprint density at radius 2 is 1.57 bits per heavy atom. The average molecular weight is 391 g/mol. The Kier molecular flexibility index (Phi) is 3.92. The van der Waals surface area contributed by atoms with Crippen molar-refractivity contribution < 1.29 is 4.42 Å². The molecule has 5 heteroatoms. The van der Waals surface area contributed by atoms with Crippen LogP contribution in [0.1, 0.15) is 0 Å². The Bertz CT molecular complexity index is 750. The zero-order chi connectivity index (χ0) is 14.8. The molecular weight excluding hydrogens is 377 g/mol. The van der Waals surface area contributed by atoms with E-state index >= 15 is 0 Å². The summed E-state index contributed by atoms with van der Waals surface area (Å²) in [5, 5.41) is 8.29. The fourth-order valence-corrected chi connectivity index (χ4v) is 2.60. The van der Waals surface area contributed by atoms with Crippen molar-refractivity contribution >= 4 is 28.3 Å². The SMILES string of the molecule is CN(C)c1ccc(-c2nnc(-c3ccccc3I)o2)cc1. The summed E-state index contributed by atoms with van der Waals surface area (Å²) < 4.78 is 6.89. The summed E-state index contributed by atoms with van der Waals surface area (Å²) in [6, 6.07) is 16.0. The molecule has 0 aliphatic carbocycles. The van der Waals surface area contributed by atoms with E-state index in [1.807, 2.05) is 62.6 Å². The molecule has 0 bridgehead atoms. The summed E-state index contributed by atoms with van der Waals surface area (Å²) in [4.78, 5) is 2.05. The van der Waals surface area contributed by atoms with Crippen molar-refractivity contribution in [3.05, 3.63) is 52.1 Å². The van der Waals surface area contributed by atoms with Gasteiger partial charge in [0.25, 0.3) is 0 Å². The van der Waals surface area contributed by atoms with Crippen molar-refractivity contribution in [2.75, 3.05) is 19.0 Å². The van der Waals surface area contributed by atoms with E-state index in [1.165, 1.54) is 0 Å². The van der Waals surface area contributed by atoms with Crippen LogP contribution in [-0.2, 0) is 0 Å². The Morgan fingerprint density at radius 1 is 0.905 bits per heavy atom. The van der Waals surface area contributed by atoms with Crippen LogP contribution in [0.15, 0.2) is 52.9 Å². The van der Waals surface area contributed by atoms with Crippen LogP contribution in [0, 0.1) is 3.57 Å². The molecule has 4 nitrogen and oxygen atoms in total. The Morgan fingerprint density at radius 3 is 2.24 bits per heavy atom. The van der Waals surface area contributed by atoms with E-state index in [0.29, 0.717) is 11.8 Å². The van der Waals surface area contributed by atoms with Crippen LogP contribution >= 0.6 is 22.6 Å². The van der Waals surface area contributed by atoms with Gasteiger partial charge in [0.05, 0.1) is 5.56 Å². The second-order valence-corrected chi connectivity index (χ2v) is 6.00. The quantitative estimate of drug-likeness (QED) is 0.632. The van der Waals surface area contributed by atoms with Crippen LogP contribution in [0.25, 0.3) is 22.9 Å². The highest BCUT2D eigenvalue weighted by atomic mass is 127. The van der Waals surface area contributed by atoms with Crippen molar-refractivity contribution in [1.29, 1.82) is 0 Å². The van der Waals surface area contributed by atoms with Crippen molar-refractivity contribution in [3.63, 3.8) is 0 Å². The molecule has 1 heterocycles. The van der Waals surface area contributed by atoms with E-state index in [1.54, 1.807) is 0 Å². The highest BCUT2D eigenvalue weighted by molar-refractivity contribution is 14.1. The molecule has 2 aromatic carbocycles.